The first-order valence-electron chi connectivity index (χ1n) is 9.91. The molecule has 0 atom stereocenters. The molecule has 0 saturated carbocycles. The first kappa shape index (κ1) is 19.6. The molecule has 0 bridgehead atoms. The van der Waals surface area contributed by atoms with Crippen LogP contribution >= 0.6 is 0 Å². The molecule has 1 aromatic carbocycles. The van der Waals surface area contributed by atoms with Crippen molar-refractivity contribution in [1.82, 2.24) is 20.1 Å². The van der Waals surface area contributed by atoms with E-state index in [1.165, 1.54) is 0 Å². The molecule has 0 aliphatic carbocycles. The number of rotatable bonds is 6. The highest BCUT2D eigenvalue weighted by Crippen LogP contribution is 2.17. The van der Waals surface area contributed by atoms with Crippen LogP contribution in [0.25, 0.3) is 0 Å². The summed E-state index contributed by atoms with van der Waals surface area (Å²) in [6.07, 6.45) is 1.72. The van der Waals surface area contributed by atoms with E-state index < -0.39 is 0 Å². The maximum Gasteiger partial charge on any atom is 0.260 e. The number of carbonyl (C=O) groups is 1. The van der Waals surface area contributed by atoms with Crippen molar-refractivity contribution in [1.29, 1.82) is 0 Å². The van der Waals surface area contributed by atoms with E-state index in [4.69, 9.17) is 4.74 Å². The molecule has 1 N–H and O–H groups in total. The Hall–Kier alpha value is -3.68. The molecular weight excluding hydrogens is 380 g/mol. The van der Waals surface area contributed by atoms with Crippen molar-refractivity contribution in [3.05, 3.63) is 66.4 Å². The second-order valence-electron chi connectivity index (χ2n) is 7.09. The Morgan fingerprint density at radius 1 is 1.00 bits per heavy atom. The van der Waals surface area contributed by atoms with Gasteiger partial charge in [0.2, 0.25) is 0 Å². The van der Waals surface area contributed by atoms with E-state index in [-0.39, 0.29) is 12.5 Å². The highest BCUT2D eigenvalue weighted by Gasteiger charge is 2.22. The van der Waals surface area contributed by atoms with Gasteiger partial charge in [0.25, 0.3) is 5.91 Å². The number of hydrogen-bond acceptors (Lipinski definition) is 7. The van der Waals surface area contributed by atoms with Gasteiger partial charge in [-0.05, 0) is 48.9 Å². The fourth-order valence-electron chi connectivity index (χ4n) is 3.25. The third kappa shape index (κ3) is 5.02. The van der Waals surface area contributed by atoms with Crippen LogP contribution in [0.3, 0.4) is 0 Å². The van der Waals surface area contributed by atoms with E-state index >= 15 is 0 Å². The summed E-state index contributed by atoms with van der Waals surface area (Å²) in [6.45, 7) is 4.72. The molecule has 1 aliphatic rings. The summed E-state index contributed by atoms with van der Waals surface area (Å²) in [5, 5.41) is 11.7. The number of ether oxygens (including phenoxy) is 1. The third-order valence-corrected chi connectivity index (χ3v) is 4.88. The average Bonchev–Trinajstić information content (AvgIpc) is 2.79. The molecule has 0 unspecified atom stereocenters. The lowest BCUT2D eigenvalue weighted by molar-refractivity contribution is -0.133. The van der Waals surface area contributed by atoms with Crippen LogP contribution in [0, 0.1) is 6.92 Å². The van der Waals surface area contributed by atoms with Crippen molar-refractivity contribution < 1.29 is 9.53 Å². The van der Waals surface area contributed by atoms with Crippen LogP contribution in [0.1, 0.15) is 5.56 Å². The van der Waals surface area contributed by atoms with Crippen LogP contribution < -0.4 is 15.0 Å². The Balaban J connectivity index is 1.26. The lowest BCUT2D eigenvalue weighted by Crippen LogP contribution is -2.50. The Bertz CT molecular complexity index is 972. The summed E-state index contributed by atoms with van der Waals surface area (Å²) >= 11 is 0. The summed E-state index contributed by atoms with van der Waals surface area (Å²) in [6, 6.07) is 17.2. The number of aryl methyl sites for hydroxylation is 1. The van der Waals surface area contributed by atoms with Gasteiger partial charge in [-0.15, -0.1) is 10.2 Å². The van der Waals surface area contributed by atoms with Crippen LogP contribution in [0.2, 0.25) is 0 Å². The molecule has 3 heterocycles. The highest BCUT2D eigenvalue weighted by atomic mass is 16.5. The smallest absolute Gasteiger partial charge is 0.260 e. The summed E-state index contributed by atoms with van der Waals surface area (Å²) < 4.78 is 5.64. The number of piperazine rings is 1. The van der Waals surface area contributed by atoms with E-state index in [1.807, 2.05) is 66.4 Å². The van der Waals surface area contributed by atoms with Gasteiger partial charge < -0.3 is 19.9 Å². The standard InChI is InChI=1S/C22H24N6O2/c1-17-5-4-6-18(15-17)30-16-22(29)28-13-11-27(12-14-28)21-9-8-20(25-26-21)24-19-7-2-3-10-23-19/h2-10,15H,11-14,16H2,1H3,(H,23,24,25). The lowest BCUT2D eigenvalue weighted by Gasteiger charge is -2.35. The average molecular weight is 404 g/mol. The van der Waals surface area contributed by atoms with Gasteiger partial charge in [0.1, 0.15) is 11.6 Å². The molecule has 2 aromatic heterocycles. The monoisotopic (exact) mass is 404 g/mol. The zero-order valence-corrected chi connectivity index (χ0v) is 16.9. The minimum absolute atomic E-state index is 0.00264. The van der Waals surface area contributed by atoms with Crippen molar-refractivity contribution in [3.8, 4) is 5.75 Å². The second kappa shape index (κ2) is 9.21. The summed E-state index contributed by atoms with van der Waals surface area (Å²) in [5.74, 6) is 2.87. The summed E-state index contributed by atoms with van der Waals surface area (Å²) in [7, 11) is 0. The maximum atomic E-state index is 12.5. The molecule has 1 aliphatic heterocycles. The molecule has 8 heteroatoms. The van der Waals surface area contributed by atoms with Gasteiger partial charge in [0.15, 0.2) is 18.2 Å². The molecule has 3 aromatic rings. The minimum Gasteiger partial charge on any atom is -0.484 e. The van der Waals surface area contributed by atoms with E-state index in [0.29, 0.717) is 32.0 Å². The Morgan fingerprint density at radius 2 is 1.87 bits per heavy atom. The number of hydrogen-bond donors (Lipinski definition) is 1. The molecule has 30 heavy (non-hydrogen) atoms. The fraction of sp³-hybridized carbons (Fsp3) is 0.273. The number of amides is 1. The van der Waals surface area contributed by atoms with E-state index in [1.54, 1.807) is 6.20 Å². The number of aromatic nitrogens is 3. The first-order chi connectivity index (χ1) is 14.7. The van der Waals surface area contributed by atoms with Crippen molar-refractivity contribution >= 4 is 23.4 Å². The van der Waals surface area contributed by atoms with Gasteiger partial charge in [-0.3, -0.25) is 4.79 Å². The lowest BCUT2D eigenvalue weighted by atomic mass is 10.2. The number of nitrogens with zero attached hydrogens (tertiary/aromatic N) is 5. The normalized spacial score (nSPS) is 13.8. The molecule has 0 spiro atoms. The van der Waals surface area contributed by atoms with Crippen LogP contribution in [0.5, 0.6) is 5.75 Å². The van der Waals surface area contributed by atoms with Gasteiger partial charge in [0, 0.05) is 32.4 Å². The zero-order valence-electron chi connectivity index (χ0n) is 16.9. The molecule has 4 rings (SSSR count). The number of carbonyl (C=O) groups excluding carboxylic acids is 1. The van der Waals surface area contributed by atoms with Crippen LogP contribution in [-0.2, 0) is 4.79 Å². The van der Waals surface area contributed by atoms with Gasteiger partial charge in [-0.1, -0.05) is 18.2 Å². The maximum absolute atomic E-state index is 12.5. The largest absolute Gasteiger partial charge is 0.484 e. The second-order valence-corrected chi connectivity index (χ2v) is 7.09. The van der Waals surface area contributed by atoms with E-state index in [2.05, 4.69) is 25.4 Å². The first-order valence-corrected chi connectivity index (χ1v) is 9.91. The van der Waals surface area contributed by atoms with E-state index in [0.717, 1.165) is 22.9 Å². The predicted octanol–water partition coefficient (Wildman–Crippen LogP) is 2.65. The highest BCUT2D eigenvalue weighted by molar-refractivity contribution is 5.78. The van der Waals surface area contributed by atoms with Crippen molar-refractivity contribution in [2.75, 3.05) is 43.0 Å². The molecule has 8 nitrogen and oxygen atoms in total. The number of pyridine rings is 1. The Morgan fingerprint density at radius 3 is 2.57 bits per heavy atom. The van der Waals surface area contributed by atoms with Crippen LogP contribution in [0.15, 0.2) is 60.8 Å². The third-order valence-electron chi connectivity index (χ3n) is 4.88. The molecule has 0 radical (unpaired) electrons. The number of nitrogens with one attached hydrogen (secondary N) is 1. The van der Waals surface area contributed by atoms with Crippen LogP contribution in [0.4, 0.5) is 17.5 Å². The zero-order chi connectivity index (χ0) is 20.8. The minimum atomic E-state index is -0.00264. The topological polar surface area (TPSA) is 83.5 Å². The molecule has 1 fully saturated rings. The quantitative estimate of drug-likeness (QED) is 0.676. The van der Waals surface area contributed by atoms with Crippen molar-refractivity contribution in [3.63, 3.8) is 0 Å². The molecule has 154 valence electrons. The van der Waals surface area contributed by atoms with Gasteiger partial charge in [0.05, 0.1) is 0 Å². The SMILES string of the molecule is Cc1cccc(OCC(=O)N2CCN(c3ccc(Nc4ccccn4)nn3)CC2)c1. The number of anilines is 3. The van der Waals surface area contributed by atoms with Crippen LogP contribution in [-0.4, -0.2) is 58.8 Å². The van der Waals surface area contributed by atoms with Crippen molar-refractivity contribution in [2.24, 2.45) is 0 Å². The number of benzene rings is 1. The van der Waals surface area contributed by atoms with Gasteiger partial charge in [-0.2, -0.15) is 0 Å². The Kier molecular flexibility index (Phi) is 6.03. The molecular formula is C22H24N6O2. The van der Waals surface area contributed by atoms with Crippen molar-refractivity contribution in [2.45, 2.75) is 6.92 Å². The Labute approximate surface area is 175 Å². The molecule has 1 saturated heterocycles. The molecule has 1 amide bonds. The van der Waals surface area contributed by atoms with Gasteiger partial charge >= 0.3 is 0 Å². The van der Waals surface area contributed by atoms with Gasteiger partial charge in [-0.25, -0.2) is 4.98 Å². The fourth-order valence-corrected chi connectivity index (χ4v) is 3.25. The summed E-state index contributed by atoms with van der Waals surface area (Å²) in [4.78, 5) is 20.6. The van der Waals surface area contributed by atoms with E-state index in [9.17, 15) is 4.79 Å². The summed E-state index contributed by atoms with van der Waals surface area (Å²) in [5.41, 5.74) is 1.11. The predicted molar refractivity (Wildman–Crippen MR) is 115 cm³/mol.